The third-order valence-electron chi connectivity index (χ3n) is 4.92. The summed E-state index contributed by atoms with van der Waals surface area (Å²) in [4.78, 5) is 14.0. The predicted molar refractivity (Wildman–Crippen MR) is 76.5 cm³/mol. The number of likely N-dealkylation sites (tertiary alicyclic amines) is 1. The van der Waals surface area contributed by atoms with E-state index in [1.807, 2.05) is 0 Å². The molecule has 23 heavy (non-hydrogen) atoms. The van der Waals surface area contributed by atoms with Crippen LogP contribution in [0.1, 0.15) is 35.2 Å². The normalized spacial score (nSPS) is 21.0. The first kappa shape index (κ1) is 16.2. The van der Waals surface area contributed by atoms with E-state index in [2.05, 4.69) is 5.32 Å². The van der Waals surface area contributed by atoms with Crippen LogP contribution in [0.15, 0.2) is 18.2 Å². The highest BCUT2D eigenvalue weighted by Gasteiger charge is 2.42. The van der Waals surface area contributed by atoms with Gasteiger partial charge in [0.05, 0.1) is 11.1 Å². The third-order valence-corrected chi connectivity index (χ3v) is 4.92. The summed E-state index contributed by atoms with van der Waals surface area (Å²) in [5.74, 6) is -2.12. The fourth-order valence-corrected chi connectivity index (χ4v) is 3.56. The third kappa shape index (κ3) is 3.06. The van der Waals surface area contributed by atoms with Gasteiger partial charge in [-0.3, -0.25) is 4.79 Å². The number of nitrogens with one attached hydrogen (secondary N) is 1. The van der Waals surface area contributed by atoms with E-state index in [9.17, 15) is 22.4 Å². The summed E-state index contributed by atoms with van der Waals surface area (Å²) in [7, 11) is 0. The van der Waals surface area contributed by atoms with Crippen LogP contribution in [-0.4, -0.2) is 37.0 Å². The quantitative estimate of drug-likeness (QED) is 0.803. The van der Waals surface area contributed by atoms with E-state index in [1.54, 1.807) is 0 Å². The Morgan fingerprint density at radius 3 is 2.52 bits per heavy atom. The zero-order valence-corrected chi connectivity index (χ0v) is 12.5. The maximum atomic E-state index is 14.1. The van der Waals surface area contributed by atoms with Gasteiger partial charge in [0.2, 0.25) is 0 Å². The van der Waals surface area contributed by atoms with Crippen molar-refractivity contribution in [2.75, 3.05) is 26.2 Å². The van der Waals surface area contributed by atoms with Gasteiger partial charge in [-0.1, -0.05) is 6.07 Å². The van der Waals surface area contributed by atoms with Crippen LogP contribution in [0, 0.1) is 11.2 Å². The molecular formula is C16H18F4N2O. The molecule has 2 aliphatic rings. The molecule has 126 valence electrons. The molecule has 0 unspecified atom stereocenters. The average molecular weight is 330 g/mol. The number of piperidine rings is 1. The lowest BCUT2D eigenvalue weighted by molar-refractivity contribution is -0.140. The van der Waals surface area contributed by atoms with Crippen LogP contribution in [-0.2, 0) is 6.18 Å². The van der Waals surface area contributed by atoms with Crippen LogP contribution in [0.5, 0.6) is 0 Å². The zero-order chi connectivity index (χ0) is 16.7. The summed E-state index contributed by atoms with van der Waals surface area (Å²) in [6, 6.07) is 2.86. The van der Waals surface area contributed by atoms with Gasteiger partial charge >= 0.3 is 6.18 Å². The Balaban J connectivity index is 1.82. The molecule has 3 nitrogen and oxygen atoms in total. The predicted octanol–water partition coefficient (Wildman–Crippen LogP) is 3.06. The van der Waals surface area contributed by atoms with E-state index in [1.165, 1.54) is 4.90 Å². The van der Waals surface area contributed by atoms with Gasteiger partial charge in [-0.05, 0) is 49.9 Å². The lowest BCUT2D eigenvalue weighted by atomic mass is 9.78. The van der Waals surface area contributed by atoms with E-state index < -0.39 is 29.0 Å². The first-order chi connectivity index (χ1) is 10.8. The Bertz CT molecular complexity index is 609. The number of hydrogen-bond donors (Lipinski definition) is 1. The Labute approximate surface area is 131 Å². The molecule has 1 aromatic carbocycles. The van der Waals surface area contributed by atoms with E-state index in [-0.39, 0.29) is 5.41 Å². The molecule has 1 spiro atoms. The zero-order valence-electron chi connectivity index (χ0n) is 12.5. The highest BCUT2D eigenvalue weighted by Crippen LogP contribution is 2.39. The molecule has 2 saturated heterocycles. The topological polar surface area (TPSA) is 32.3 Å². The van der Waals surface area contributed by atoms with E-state index >= 15 is 0 Å². The molecule has 2 fully saturated rings. The Hall–Kier alpha value is -1.63. The molecular weight excluding hydrogens is 312 g/mol. The second-order valence-electron chi connectivity index (χ2n) is 6.39. The summed E-state index contributed by atoms with van der Waals surface area (Å²) in [6.07, 6.45) is -2.12. The van der Waals surface area contributed by atoms with Crippen LogP contribution in [0.3, 0.4) is 0 Å². The van der Waals surface area contributed by atoms with Gasteiger partial charge in [-0.25, -0.2) is 4.39 Å². The molecule has 0 bridgehead atoms. The molecule has 1 N–H and O–H groups in total. The number of alkyl halides is 3. The van der Waals surface area contributed by atoms with Crippen molar-refractivity contribution in [2.45, 2.75) is 25.4 Å². The molecule has 2 aliphatic heterocycles. The lowest BCUT2D eigenvalue weighted by Gasteiger charge is -2.33. The maximum Gasteiger partial charge on any atom is 0.419 e. The Morgan fingerprint density at radius 2 is 1.87 bits per heavy atom. The Morgan fingerprint density at radius 1 is 1.17 bits per heavy atom. The summed E-state index contributed by atoms with van der Waals surface area (Å²) >= 11 is 0. The minimum Gasteiger partial charge on any atom is -0.338 e. The number of halogens is 4. The minimum atomic E-state index is -4.80. The van der Waals surface area contributed by atoms with Crippen LogP contribution in [0.4, 0.5) is 17.6 Å². The summed E-state index contributed by atoms with van der Waals surface area (Å²) in [5, 5.41) is 3.26. The summed E-state index contributed by atoms with van der Waals surface area (Å²) < 4.78 is 52.5. The molecule has 0 radical (unpaired) electrons. The summed E-state index contributed by atoms with van der Waals surface area (Å²) in [5.41, 5.74) is -1.86. The number of hydrogen-bond acceptors (Lipinski definition) is 2. The number of carbonyl (C=O) groups is 1. The van der Waals surface area contributed by atoms with Crippen LogP contribution in [0.2, 0.25) is 0 Å². The van der Waals surface area contributed by atoms with Crippen molar-refractivity contribution in [2.24, 2.45) is 5.41 Å². The van der Waals surface area contributed by atoms with E-state index in [0.29, 0.717) is 19.2 Å². The van der Waals surface area contributed by atoms with Gasteiger partial charge in [0.25, 0.3) is 5.91 Å². The fraction of sp³-hybridized carbons (Fsp3) is 0.562. The van der Waals surface area contributed by atoms with Crippen LogP contribution in [0.25, 0.3) is 0 Å². The highest BCUT2D eigenvalue weighted by atomic mass is 19.4. The molecule has 0 saturated carbocycles. The first-order valence-electron chi connectivity index (χ1n) is 7.68. The lowest BCUT2D eigenvalue weighted by Crippen LogP contribution is -2.40. The first-order valence-corrected chi connectivity index (χ1v) is 7.68. The molecule has 0 aromatic heterocycles. The van der Waals surface area contributed by atoms with Gasteiger partial charge in [-0.15, -0.1) is 0 Å². The van der Waals surface area contributed by atoms with Gasteiger partial charge in [-0.2, -0.15) is 13.2 Å². The van der Waals surface area contributed by atoms with Gasteiger partial charge in [0, 0.05) is 13.1 Å². The molecule has 1 aromatic rings. The molecule has 1 amide bonds. The molecule has 0 atom stereocenters. The van der Waals surface area contributed by atoms with Crippen molar-refractivity contribution >= 4 is 5.91 Å². The second-order valence-corrected chi connectivity index (χ2v) is 6.39. The van der Waals surface area contributed by atoms with Crippen LogP contribution >= 0.6 is 0 Å². The van der Waals surface area contributed by atoms with Crippen molar-refractivity contribution in [1.82, 2.24) is 10.2 Å². The number of amides is 1. The van der Waals surface area contributed by atoms with Crippen molar-refractivity contribution in [3.05, 3.63) is 35.1 Å². The van der Waals surface area contributed by atoms with Crippen molar-refractivity contribution in [3.63, 3.8) is 0 Å². The smallest absolute Gasteiger partial charge is 0.338 e. The van der Waals surface area contributed by atoms with Gasteiger partial charge in [0.1, 0.15) is 5.82 Å². The number of carbonyl (C=O) groups excluding carboxylic acids is 1. The molecule has 0 aliphatic carbocycles. The van der Waals surface area contributed by atoms with E-state index in [0.717, 1.165) is 44.5 Å². The number of nitrogens with zero attached hydrogens (tertiary/aromatic N) is 1. The number of benzene rings is 1. The highest BCUT2D eigenvalue weighted by molar-refractivity contribution is 5.95. The molecule has 7 heteroatoms. The Kier molecular flexibility index (Phi) is 4.08. The maximum absolute atomic E-state index is 14.1. The summed E-state index contributed by atoms with van der Waals surface area (Å²) in [6.45, 7) is 2.71. The standard InChI is InChI=1S/C16H18F4N2O/c17-13-11(2-1-3-12(13)16(18,19)20)14(23)22-9-6-15(10-22)4-7-21-8-5-15/h1-3,21H,4-10H2. The van der Waals surface area contributed by atoms with Crippen molar-refractivity contribution in [3.8, 4) is 0 Å². The number of rotatable bonds is 1. The average Bonchev–Trinajstić information content (AvgIpc) is 2.90. The monoisotopic (exact) mass is 330 g/mol. The second kappa shape index (κ2) is 5.78. The molecule has 3 rings (SSSR count). The van der Waals surface area contributed by atoms with Crippen molar-refractivity contribution < 1.29 is 22.4 Å². The van der Waals surface area contributed by atoms with Gasteiger partial charge in [0.15, 0.2) is 0 Å². The van der Waals surface area contributed by atoms with Crippen molar-refractivity contribution in [1.29, 1.82) is 0 Å². The van der Waals surface area contributed by atoms with Crippen LogP contribution < -0.4 is 5.32 Å². The molecule has 2 heterocycles. The van der Waals surface area contributed by atoms with E-state index in [4.69, 9.17) is 0 Å². The van der Waals surface area contributed by atoms with Gasteiger partial charge < -0.3 is 10.2 Å². The largest absolute Gasteiger partial charge is 0.419 e. The fourth-order valence-electron chi connectivity index (χ4n) is 3.56. The SMILES string of the molecule is O=C(c1cccc(C(F)(F)F)c1F)N1CCC2(CCNCC2)C1. The minimum absolute atomic E-state index is 0.0268.